The maximum absolute atomic E-state index is 13.6. The predicted octanol–water partition coefficient (Wildman–Crippen LogP) is 2.16. The summed E-state index contributed by atoms with van der Waals surface area (Å²) in [6, 6.07) is 4.15. The number of aryl methyl sites for hydroxylation is 1. The molecule has 2 aromatic rings. The zero-order valence-corrected chi connectivity index (χ0v) is 16.9. The van der Waals surface area contributed by atoms with Crippen molar-refractivity contribution in [2.24, 2.45) is 7.05 Å². The van der Waals surface area contributed by atoms with Gasteiger partial charge in [0.2, 0.25) is 0 Å². The number of nitrogens with zero attached hydrogens (tertiary/aromatic N) is 3. The number of methoxy groups -OCH3 is 1. The lowest BCUT2D eigenvalue weighted by Gasteiger charge is -2.23. The number of hydrogen-bond donors (Lipinski definition) is 2. The standard InChI is InChI=1S/C21H28FN5O2/c1-26-20(18-11-14-10-15(22)5-6-17(14)24-18)12-19(25-26)21(28)23-7-9-27-8-3-4-16(27)13-29-2/h5-6,11-12,15-16,24H,3-4,7-10,13H2,1-2H3,(H,23,28)/t15?,16-/m1/s1. The smallest absolute Gasteiger partial charge is 0.271 e. The number of aromatic amines is 1. The van der Waals surface area contributed by atoms with E-state index >= 15 is 0 Å². The van der Waals surface area contributed by atoms with E-state index in [1.54, 1.807) is 37.1 Å². The van der Waals surface area contributed by atoms with Crippen molar-refractivity contribution < 1.29 is 13.9 Å². The van der Waals surface area contributed by atoms with Gasteiger partial charge in [0.15, 0.2) is 5.69 Å². The van der Waals surface area contributed by atoms with Gasteiger partial charge in [-0.1, -0.05) is 0 Å². The normalized spacial score (nSPS) is 21.5. The molecule has 0 spiro atoms. The molecule has 1 aliphatic carbocycles. The lowest BCUT2D eigenvalue weighted by Crippen LogP contribution is -2.39. The molecule has 8 heteroatoms. The van der Waals surface area contributed by atoms with E-state index in [-0.39, 0.29) is 5.91 Å². The van der Waals surface area contributed by atoms with Crippen LogP contribution in [0.5, 0.6) is 0 Å². The molecule has 0 radical (unpaired) electrons. The zero-order chi connectivity index (χ0) is 20.4. The van der Waals surface area contributed by atoms with Crippen LogP contribution in [0.3, 0.4) is 0 Å². The molecule has 29 heavy (non-hydrogen) atoms. The fraction of sp³-hybridized carbons (Fsp3) is 0.524. The molecular weight excluding hydrogens is 373 g/mol. The first-order valence-electron chi connectivity index (χ1n) is 10.1. The second-order valence-electron chi connectivity index (χ2n) is 7.78. The minimum Gasteiger partial charge on any atom is -0.383 e. The minimum absolute atomic E-state index is 0.186. The summed E-state index contributed by atoms with van der Waals surface area (Å²) < 4.78 is 20.5. The van der Waals surface area contributed by atoms with Crippen LogP contribution in [0.4, 0.5) is 4.39 Å². The highest BCUT2D eigenvalue weighted by molar-refractivity contribution is 5.93. The summed E-state index contributed by atoms with van der Waals surface area (Å²) in [6.07, 6.45) is 5.06. The van der Waals surface area contributed by atoms with Crippen molar-refractivity contribution in [1.82, 2.24) is 25.0 Å². The molecule has 0 bridgehead atoms. The van der Waals surface area contributed by atoms with Crippen molar-refractivity contribution >= 4 is 12.0 Å². The number of allylic oxidation sites excluding steroid dienone is 1. The van der Waals surface area contributed by atoms with Gasteiger partial charge in [-0.25, -0.2) is 4.39 Å². The molecule has 0 saturated carbocycles. The van der Waals surface area contributed by atoms with E-state index < -0.39 is 6.17 Å². The molecule has 7 nitrogen and oxygen atoms in total. The van der Waals surface area contributed by atoms with Crippen molar-refractivity contribution in [3.8, 4) is 11.4 Å². The number of amides is 1. The average molecular weight is 401 g/mol. The highest BCUT2D eigenvalue weighted by Gasteiger charge is 2.24. The van der Waals surface area contributed by atoms with Gasteiger partial charge in [-0.2, -0.15) is 5.10 Å². The van der Waals surface area contributed by atoms with Crippen molar-refractivity contribution in [3.05, 3.63) is 35.2 Å². The number of carbonyl (C=O) groups is 1. The van der Waals surface area contributed by atoms with Crippen molar-refractivity contribution in [1.29, 1.82) is 0 Å². The van der Waals surface area contributed by atoms with Gasteiger partial charge in [0.05, 0.1) is 18.0 Å². The van der Waals surface area contributed by atoms with E-state index in [9.17, 15) is 9.18 Å². The van der Waals surface area contributed by atoms with Crippen molar-refractivity contribution in [3.63, 3.8) is 0 Å². The number of ether oxygens (including phenoxy) is 1. The Morgan fingerprint density at radius 3 is 3.14 bits per heavy atom. The van der Waals surface area contributed by atoms with E-state index in [2.05, 4.69) is 20.3 Å². The summed E-state index contributed by atoms with van der Waals surface area (Å²) in [7, 11) is 3.53. The Hall–Kier alpha value is -2.45. The van der Waals surface area contributed by atoms with Crippen LogP contribution in [-0.2, 0) is 18.2 Å². The Balaban J connectivity index is 1.38. The molecule has 2 aliphatic rings. The SMILES string of the molecule is COC[C@H]1CCCN1CCNC(=O)c1cc(-c2cc3c([nH]2)C=CC(F)C3)n(C)n1. The maximum Gasteiger partial charge on any atom is 0.271 e. The Bertz CT molecular complexity index is 903. The Labute approximate surface area is 169 Å². The van der Waals surface area contributed by atoms with E-state index in [0.29, 0.717) is 24.7 Å². The lowest BCUT2D eigenvalue weighted by molar-refractivity contribution is 0.0926. The molecule has 1 aliphatic heterocycles. The molecule has 3 heterocycles. The third kappa shape index (κ3) is 4.28. The van der Waals surface area contributed by atoms with Crippen LogP contribution >= 0.6 is 0 Å². The van der Waals surface area contributed by atoms with Crippen LogP contribution in [-0.4, -0.2) is 71.1 Å². The van der Waals surface area contributed by atoms with Crippen LogP contribution in [0.25, 0.3) is 17.5 Å². The van der Waals surface area contributed by atoms with Crippen LogP contribution in [0.1, 0.15) is 34.6 Å². The van der Waals surface area contributed by atoms with Gasteiger partial charge in [-0.3, -0.25) is 14.4 Å². The van der Waals surface area contributed by atoms with Crippen LogP contribution in [0, 0.1) is 0 Å². The fourth-order valence-corrected chi connectivity index (χ4v) is 4.25. The number of alkyl halides is 1. The molecule has 1 saturated heterocycles. The molecule has 4 rings (SSSR count). The number of hydrogen-bond acceptors (Lipinski definition) is 4. The average Bonchev–Trinajstić information content (AvgIpc) is 3.40. The quantitative estimate of drug-likeness (QED) is 0.746. The van der Waals surface area contributed by atoms with Gasteiger partial charge in [0, 0.05) is 45.4 Å². The summed E-state index contributed by atoms with van der Waals surface area (Å²) in [5.74, 6) is -0.186. The molecule has 2 N–H and O–H groups in total. The van der Waals surface area contributed by atoms with Crippen LogP contribution in [0.2, 0.25) is 0 Å². The van der Waals surface area contributed by atoms with Gasteiger partial charge in [-0.05, 0) is 49.2 Å². The molecule has 1 amide bonds. The van der Waals surface area contributed by atoms with Crippen LogP contribution in [0.15, 0.2) is 18.2 Å². The third-order valence-corrected chi connectivity index (χ3v) is 5.75. The summed E-state index contributed by atoms with van der Waals surface area (Å²) in [5, 5.41) is 7.33. The number of fused-ring (bicyclic) bond motifs is 1. The number of H-pyrrole nitrogens is 1. The number of halogens is 1. The molecule has 2 aromatic heterocycles. The topological polar surface area (TPSA) is 75.2 Å². The first-order chi connectivity index (χ1) is 14.0. The summed E-state index contributed by atoms with van der Waals surface area (Å²) in [6.45, 7) is 3.16. The first-order valence-corrected chi connectivity index (χ1v) is 10.1. The minimum atomic E-state index is -0.946. The number of nitrogens with one attached hydrogen (secondary N) is 2. The van der Waals surface area contributed by atoms with E-state index in [1.807, 2.05) is 6.07 Å². The summed E-state index contributed by atoms with van der Waals surface area (Å²) in [5.41, 5.74) is 3.87. The molecule has 0 aromatic carbocycles. The van der Waals surface area contributed by atoms with Crippen molar-refractivity contribution in [2.45, 2.75) is 31.5 Å². The number of aromatic nitrogens is 3. The number of carbonyl (C=O) groups excluding carboxylic acids is 1. The molecular formula is C21H28FN5O2. The summed E-state index contributed by atoms with van der Waals surface area (Å²) in [4.78, 5) is 18.2. The van der Waals surface area contributed by atoms with E-state index in [0.717, 1.165) is 48.8 Å². The number of likely N-dealkylation sites (tertiary alicyclic amines) is 1. The van der Waals surface area contributed by atoms with Crippen LogP contribution < -0.4 is 5.32 Å². The van der Waals surface area contributed by atoms with E-state index in [4.69, 9.17) is 4.74 Å². The highest BCUT2D eigenvalue weighted by Crippen LogP contribution is 2.27. The molecule has 1 unspecified atom stereocenters. The monoisotopic (exact) mass is 401 g/mol. The Morgan fingerprint density at radius 2 is 2.31 bits per heavy atom. The van der Waals surface area contributed by atoms with Gasteiger partial charge in [-0.15, -0.1) is 0 Å². The van der Waals surface area contributed by atoms with Crippen molar-refractivity contribution in [2.75, 3.05) is 33.4 Å². The van der Waals surface area contributed by atoms with E-state index in [1.165, 1.54) is 6.42 Å². The Kier molecular flexibility index (Phi) is 5.82. The van der Waals surface area contributed by atoms with Gasteiger partial charge in [0.1, 0.15) is 6.17 Å². The zero-order valence-electron chi connectivity index (χ0n) is 16.9. The second kappa shape index (κ2) is 8.51. The third-order valence-electron chi connectivity index (χ3n) is 5.75. The molecule has 1 fully saturated rings. The predicted molar refractivity (Wildman–Crippen MR) is 109 cm³/mol. The van der Waals surface area contributed by atoms with Gasteiger partial charge >= 0.3 is 0 Å². The first kappa shape index (κ1) is 19.8. The molecule has 2 atom stereocenters. The summed E-state index contributed by atoms with van der Waals surface area (Å²) >= 11 is 0. The van der Waals surface area contributed by atoms with Gasteiger partial charge in [0.25, 0.3) is 5.91 Å². The second-order valence-corrected chi connectivity index (χ2v) is 7.78. The number of rotatable bonds is 7. The largest absolute Gasteiger partial charge is 0.383 e. The molecule has 156 valence electrons. The van der Waals surface area contributed by atoms with Gasteiger partial charge < -0.3 is 15.0 Å². The fourth-order valence-electron chi connectivity index (χ4n) is 4.25. The lowest BCUT2D eigenvalue weighted by atomic mass is 10.0. The maximum atomic E-state index is 13.6. The highest BCUT2D eigenvalue weighted by atomic mass is 19.1. The Morgan fingerprint density at radius 1 is 1.45 bits per heavy atom.